The molecular formula is C17H18FNO3. The maximum absolute atomic E-state index is 12.8. The van der Waals surface area contributed by atoms with Crippen LogP contribution in [0, 0.1) is 5.82 Å². The molecule has 0 radical (unpaired) electrons. The quantitative estimate of drug-likeness (QED) is 0.655. The van der Waals surface area contributed by atoms with Crippen molar-refractivity contribution in [1.29, 1.82) is 0 Å². The molecule has 0 aliphatic carbocycles. The molecule has 0 aliphatic rings. The van der Waals surface area contributed by atoms with Crippen molar-refractivity contribution >= 4 is 11.7 Å². The first-order chi connectivity index (χ1) is 10.6. The topological polar surface area (TPSA) is 61.5 Å². The highest BCUT2D eigenvalue weighted by Gasteiger charge is 2.10. The van der Waals surface area contributed by atoms with Gasteiger partial charge in [-0.15, -0.1) is 0 Å². The summed E-state index contributed by atoms with van der Waals surface area (Å²) < 4.78 is 23.5. The normalized spacial score (nSPS) is 10.3. The van der Waals surface area contributed by atoms with Crippen molar-refractivity contribution in [3.05, 3.63) is 59.4 Å². The summed E-state index contributed by atoms with van der Waals surface area (Å²) in [7, 11) is 0. The Hall–Kier alpha value is -2.56. The van der Waals surface area contributed by atoms with E-state index in [4.69, 9.17) is 15.2 Å². The largest absolute Gasteiger partial charge is 0.487 e. The van der Waals surface area contributed by atoms with Crippen molar-refractivity contribution < 1.29 is 18.7 Å². The van der Waals surface area contributed by atoms with Crippen LogP contribution < -0.4 is 10.5 Å². The minimum absolute atomic E-state index is 0.234. The first-order valence-electron chi connectivity index (χ1n) is 7.04. The van der Waals surface area contributed by atoms with Crippen molar-refractivity contribution in [2.45, 2.75) is 20.0 Å². The van der Waals surface area contributed by atoms with E-state index in [1.807, 2.05) is 6.92 Å². The van der Waals surface area contributed by atoms with E-state index in [1.54, 1.807) is 30.3 Å². The number of ether oxygens (including phenoxy) is 2. The predicted octanol–water partition coefficient (Wildman–Crippen LogP) is 3.55. The Balaban J connectivity index is 2.06. The summed E-state index contributed by atoms with van der Waals surface area (Å²) >= 11 is 0. The number of carbonyl (C=O) groups excluding carboxylic acids is 1. The van der Waals surface area contributed by atoms with Gasteiger partial charge in [0, 0.05) is 0 Å². The van der Waals surface area contributed by atoms with E-state index in [2.05, 4.69) is 0 Å². The third kappa shape index (κ3) is 4.22. The summed E-state index contributed by atoms with van der Waals surface area (Å²) in [6.07, 6.45) is 0.759. The molecule has 2 N–H and O–H groups in total. The van der Waals surface area contributed by atoms with E-state index < -0.39 is 5.97 Å². The highest BCUT2D eigenvalue weighted by atomic mass is 19.1. The van der Waals surface area contributed by atoms with Crippen LogP contribution in [0.1, 0.15) is 29.3 Å². The lowest BCUT2D eigenvalue weighted by Crippen LogP contribution is -2.07. The van der Waals surface area contributed by atoms with Crippen LogP contribution in [0.3, 0.4) is 0 Å². The van der Waals surface area contributed by atoms with Gasteiger partial charge in [0.2, 0.25) is 0 Å². The number of hydrogen-bond donors (Lipinski definition) is 1. The minimum atomic E-state index is -0.409. The van der Waals surface area contributed by atoms with Crippen molar-refractivity contribution in [1.82, 2.24) is 0 Å². The second-order valence-corrected chi connectivity index (χ2v) is 4.80. The van der Waals surface area contributed by atoms with Crippen LogP contribution in [-0.2, 0) is 11.3 Å². The number of anilines is 1. The van der Waals surface area contributed by atoms with E-state index in [9.17, 15) is 9.18 Å². The molecule has 0 saturated heterocycles. The SMILES string of the molecule is CCCOC(=O)c1ccc(N)c(OCc2ccc(F)cc2)c1. The molecule has 0 bridgehead atoms. The Bertz CT molecular complexity index is 641. The molecule has 2 aromatic rings. The van der Waals surface area contributed by atoms with Crippen LogP contribution >= 0.6 is 0 Å². The van der Waals surface area contributed by atoms with E-state index in [0.717, 1.165) is 12.0 Å². The summed E-state index contributed by atoms with van der Waals surface area (Å²) in [5.74, 6) is -0.312. The van der Waals surface area contributed by atoms with Gasteiger partial charge in [-0.3, -0.25) is 0 Å². The zero-order valence-corrected chi connectivity index (χ0v) is 12.3. The Labute approximate surface area is 128 Å². The van der Waals surface area contributed by atoms with E-state index in [1.165, 1.54) is 12.1 Å². The lowest BCUT2D eigenvalue weighted by molar-refractivity contribution is 0.0504. The van der Waals surface area contributed by atoms with Gasteiger partial charge in [0.05, 0.1) is 17.9 Å². The molecule has 0 saturated carbocycles. The first kappa shape index (κ1) is 15.8. The molecule has 2 aromatic carbocycles. The number of nitrogen functional groups attached to an aromatic ring is 1. The summed E-state index contributed by atoms with van der Waals surface area (Å²) in [6, 6.07) is 10.7. The second kappa shape index (κ2) is 7.45. The molecule has 0 aromatic heterocycles. The molecule has 5 heteroatoms. The summed E-state index contributed by atoms with van der Waals surface area (Å²) in [5.41, 5.74) is 7.46. The number of rotatable bonds is 6. The fraction of sp³-hybridized carbons (Fsp3) is 0.235. The fourth-order valence-electron chi connectivity index (χ4n) is 1.81. The maximum atomic E-state index is 12.8. The van der Waals surface area contributed by atoms with Crippen molar-refractivity contribution in [3.8, 4) is 5.75 Å². The van der Waals surface area contributed by atoms with Gasteiger partial charge >= 0.3 is 5.97 Å². The van der Waals surface area contributed by atoms with Gasteiger partial charge in [0.1, 0.15) is 18.2 Å². The lowest BCUT2D eigenvalue weighted by atomic mass is 10.2. The standard InChI is InChI=1S/C17H18FNO3/c1-2-9-21-17(20)13-5-8-15(19)16(10-13)22-11-12-3-6-14(18)7-4-12/h3-8,10H,2,9,11,19H2,1H3. The zero-order valence-electron chi connectivity index (χ0n) is 12.3. The summed E-state index contributed by atoms with van der Waals surface area (Å²) in [6.45, 7) is 2.53. The van der Waals surface area contributed by atoms with Gasteiger partial charge in [0.25, 0.3) is 0 Å². The molecule has 0 fully saturated rings. The average Bonchev–Trinajstić information content (AvgIpc) is 2.53. The maximum Gasteiger partial charge on any atom is 0.338 e. The van der Waals surface area contributed by atoms with Crippen LogP contribution in [0.25, 0.3) is 0 Å². The number of halogens is 1. The molecular weight excluding hydrogens is 285 g/mol. The van der Waals surface area contributed by atoms with Gasteiger partial charge in [-0.2, -0.15) is 0 Å². The molecule has 0 heterocycles. The molecule has 0 unspecified atom stereocenters. The minimum Gasteiger partial charge on any atom is -0.487 e. The number of esters is 1. The highest BCUT2D eigenvalue weighted by molar-refractivity contribution is 5.90. The molecule has 22 heavy (non-hydrogen) atoms. The molecule has 2 rings (SSSR count). The molecule has 0 aliphatic heterocycles. The van der Waals surface area contributed by atoms with Crippen molar-refractivity contribution in [2.75, 3.05) is 12.3 Å². The van der Waals surface area contributed by atoms with E-state index >= 15 is 0 Å². The van der Waals surface area contributed by atoms with Crippen LogP contribution in [0.4, 0.5) is 10.1 Å². The number of benzene rings is 2. The molecule has 0 atom stereocenters. The van der Waals surface area contributed by atoms with Crippen LogP contribution in [0.5, 0.6) is 5.75 Å². The first-order valence-corrected chi connectivity index (χ1v) is 7.04. The number of hydrogen-bond acceptors (Lipinski definition) is 4. The van der Waals surface area contributed by atoms with Gasteiger partial charge in [-0.1, -0.05) is 19.1 Å². The number of carbonyl (C=O) groups is 1. The third-order valence-electron chi connectivity index (χ3n) is 2.99. The Kier molecular flexibility index (Phi) is 5.36. The third-order valence-corrected chi connectivity index (χ3v) is 2.99. The fourth-order valence-corrected chi connectivity index (χ4v) is 1.81. The average molecular weight is 303 g/mol. The van der Waals surface area contributed by atoms with Gasteiger partial charge in [-0.25, -0.2) is 9.18 Å². The van der Waals surface area contributed by atoms with E-state index in [-0.39, 0.29) is 12.4 Å². The molecule has 0 amide bonds. The van der Waals surface area contributed by atoms with E-state index in [0.29, 0.717) is 23.6 Å². The van der Waals surface area contributed by atoms with Gasteiger partial charge in [0.15, 0.2) is 0 Å². The molecule has 4 nitrogen and oxygen atoms in total. The lowest BCUT2D eigenvalue weighted by Gasteiger charge is -2.11. The highest BCUT2D eigenvalue weighted by Crippen LogP contribution is 2.24. The summed E-state index contributed by atoms with van der Waals surface area (Å²) in [4.78, 5) is 11.8. The van der Waals surface area contributed by atoms with Gasteiger partial charge in [-0.05, 0) is 42.3 Å². The Morgan fingerprint density at radius 1 is 1.18 bits per heavy atom. The Morgan fingerprint density at radius 3 is 2.59 bits per heavy atom. The predicted molar refractivity (Wildman–Crippen MR) is 82.2 cm³/mol. The zero-order chi connectivity index (χ0) is 15.9. The number of nitrogens with two attached hydrogens (primary N) is 1. The summed E-state index contributed by atoms with van der Waals surface area (Å²) in [5, 5.41) is 0. The van der Waals surface area contributed by atoms with Gasteiger partial charge < -0.3 is 15.2 Å². The smallest absolute Gasteiger partial charge is 0.338 e. The molecule has 0 spiro atoms. The second-order valence-electron chi connectivity index (χ2n) is 4.80. The monoisotopic (exact) mass is 303 g/mol. The van der Waals surface area contributed by atoms with Crippen LogP contribution in [-0.4, -0.2) is 12.6 Å². The van der Waals surface area contributed by atoms with Crippen LogP contribution in [0.15, 0.2) is 42.5 Å². The van der Waals surface area contributed by atoms with Crippen molar-refractivity contribution in [2.24, 2.45) is 0 Å². The van der Waals surface area contributed by atoms with Crippen LogP contribution in [0.2, 0.25) is 0 Å². The Morgan fingerprint density at radius 2 is 1.91 bits per heavy atom. The van der Waals surface area contributed by atoms with Crippen molar-refractivity contribution in [3.63, 3.8) is 0 Å². The molecule has 116 valence electrons.